The van der Waals surface area contributed by atoms with Crippen molar-refractivity contribution < 1.29 is 23.6 Å². The van der Waals surface area contributed by atoms with Gasteiger partial charge >= 0.3 is 0 Å². The molecule has 2 aliphatic rings. The van der Waals surface area contributed by atoms with E-state index in [-0.39, 0.29) is 36.3 Å². The molecule has 1 saturated heterocycles. The fourth-order valence-corrected chi connectivity index (χ4v) is 5.32. The minimum atomic E-state index is -1.11. The molecule has 40 heavy (non-hydrogen) atoms. The number of carbonyl (C=O) groups is 4. The number of imide groups is 2. The maximum absolute atomic E-state index is 15.0. The molecule has 0 saturated carbocycles. The number of likely N-dealkylation sites (tertiary alicyclic amines) is 1. The zero-order chi connectivity index (χ0) is 28.2. The summed E-state index contributed by atoms with van der Waals surface area (Å²) in [6, 6.07) is 14.7. The van der Waals surface area contributed by atoms with E-state index >= 15 is 4.39 Å². The fraction of sp³-hybridized carbons (Fsp3) is 0.300. The topological polar surface area (TPSA) is 112 Å². The Balaban J connectivity index is 1.24. The SMILES string of the molecule is CCCC(C(=O)NC=O)N1C(=O)c2cccc(NCc3ccc(CN4CC(c5ccccn5)C4)cc3F)c2C1=O. The first-order chi connectivity index (χ1) is 19.4. The summed E-state index contributed by atoms with van der Waals surface area (Å²) in [5, 5.41) is 5.14. The van der Waals surface area contributed by atoms with Crippen LogP contribution in [-0.4, -0.2) is 58.0 Å². The van der Waals surface area contributed by atoms with Gasteiger partial charge in [-0.2, -0.15) is 0 Å². The number of amides is 4. The molecule has 3 heterocycles. The standard InChI is InChI=1S/C30H30FN5O4/c1-2-6-26(28(38)34-18-37)36-29(39)22-7-5-9-25(27(22)30(36)40)33-14-20-11-10-19(13-23(20)31)15-35-16-21(17-35)24-8-3-4-12-32-24/h3-5,7-13,18,21,26,33H,2,6,14-17H2,1H3,(H,34,37,38). The van der Waals surface area contributed by atoms with Crippen molar-refractivity contribution >= 4 is 29.8 Å². The smallest absolute Gasteiger partial charge is 0.264 e. The molecule has 3 aromatic rings. The van der Waals surface area contributed by atoms with Gasteiger partial charge in [0.2, 0.25) is 12.3 Å². The van der Waals surface area contributed by atoms with Crippen LogP contribution >= 0.6 is 0 Å². The van der Waals surface area contributed by atoms with Crippen molar-refractivity contribution in [2.45, 2.75) is 44.8 Å². The Morgan fingerprint density at radius 1 is 1.12 bits per heavy atom. The van der Waals surface area contributed by atoms with E-state index in [2.05, 4.69) is 15.2 Å². The van der Waals surface area contributed by atoms with Crippen molar-refractivity contribution in [3.05, 3.63) is 94.6 Å². The van der Waals surface area contributed by atoms with Gasteiger partial charge in [0.25, 0.3) is 11.8 Å². The molecule has 0 radical (unpaired) electrons. The van der Waals surface area contributed by atoms with Crippen LogP contribution in [0.3, 0.4) is 0 Å². The number of fused-ring (bicyclic) bond motifs is 1. The molecule has 2 N–H and O–H groups in total. The highest BCUT2D eigenvalue weighted by atomic mass is 19.1. The molecular formula is C30H30FN5O4. The second-order valence-electron chi connectivity index (χ2n) is 10.1. The van der Waals surface area contributed by atoms with E-state index in [0.717, 1.165) is 29.2 Å². The molecular weight excluding hydrogens is 513 g/mol. The summed E-state index contributed by atoms with van der Waals surface area (Å²) in [6.45, 7) is 4.30. The minimum Gasteiger partial charge on any atom is -0.380 e. The Kier molecular flexibility index (Phi) is 7.97. The number of hydrogen-bond acceptors (Lipinski definition) is 7. The van der Waals surface area contributed by atoms with Crippen molar-refractivity contribution in [1.29, 1.82) is 0 Å². The highest BCUT2D eigenvalue weighted by Crippen LogP contribution is 2.32. The van der Waals surface area contributed by atoms with Crippen LogP contribution in [0.2, 0.25) is 0 Å². The summed E-state index contributed by atoms with van der Waals surface area (Å²) >= 11 is 0. The normalized spacial score (nSPS) is 15.9. The molecule has 1 unspecified atom stereocenters. The Hall–Kier alpha value is -4.44. The van der Waals surface area contributed by atoms with Gasteiger partial charge in [-0.3, -0.25) is 39.3 Å². The molecule has 0 spiro atoms. The van der Waals surface area contributed by atoms with E-state index in [9.17, 15) is 19.2 Å². The third kappa shape index (κ3) is 5.35. The van der Waals surface area contributed by atoms with Crippen LogP contribution in [0.4, 0.5) is 10.1 Å². The van der Waals surface area contributed by atoms with E-state index in [1.165, 1.54) is 12.1 Å². The lowest BCUT2D eigenvalue weighted by Crippen LogP contribution is -2.49. The van der Waals surface area contributed by atoms with Crippen LogP contribution in [-0.2, 0) is 22.7 Å². The van der Waals surface area contributed by atoms with Gasteiger partial charge in [-0.05, 0) is 42.3 Å². The summed E-state index contributed by atoms with van der Waals surface area (Å²) in [4.78, 5) is 57.3. The molecule has 2 aromatic carbocycles. The Bertz CT molecular complexity index is 1440. The largest absolute Gasteiger partial charge is 0.380 e. The molecule has 2 aliphatic heterocycles. The predicted molar refractivity (Wildman–Crippen MR) is 146 cm³/mol. The molecule has 4 amide bonds. The zero-order valence-corrected chi connectivity index (χ0v) is 22.1. The first-order valence-corrected chi connectivity index (χ1v) is 13.3. The first-order valence-electron chi connectivity index (χ1n) is 13.3. The number of rotatable bonds is 11. The maximum atomic E-state index is 15.0. The van der Waals surface area contributed by atoms with Crippen LogP contribution in [0, 0.1) is 5.82 Å². The number of anilines is 1. The van der Waals surface area contributed by atoms with Crippen LogP contribution < -0.4 is 10.6 Å². The number of hydrogen-bond donors (Lipinski definition) is 2. The highest BCUT2D eigenvalue weighted by molar-refractivity contribution is 6.25. The minimum absolute atomic E-state index is 0.0967. The number of halogens is 1. The third-order valence-electron chi connectivity index (χ3n) is 7.38. The quantitative estimate of drug-likeness (QED) is 0.281. The predicted octanol–water partition coefficient (Wildman–Crippen LogP) is 3.47. The average molecular weight is 544 g/mol. The Labute approximate surface area is 231 Å². The third-order valence-corrected chi connectivity index (χ3v) is 7.38. The van der Waals surface area contributed by atoms with Crippen molar-refractivity contribution in [1.82, 2.24) is 20.1 Å². The van der Waals surface area contributed by atoms with Crippen LogP contribution in [0.15, 0.2) is 60.8 Å². The number of benzene rings is 2. The van der Waals surface area contributed by atoms with Gasteiger partial charge in [0.05, 0.1) is 11.1 Å². The van der Waals surface area contributed by atoms with Crippen LogP contribution in [0.1, 0.15) is 63.2 Å². The van der Waals surface area contributed by atoms with Crippen molar-refractivity contribution in [3.63, 3.8) is 0 Å². The molecule has 10 heteroatoms. The van der Waals surface area contributed by atoms with Gasteiger partial charge in [-0.15, -0.1) is 0 Å². The number of pyridine rings is 1. The Morgan fingerprint density at radius 2 is 1.95 bits per heavy atom. The van der Waals surface area contributed by atoms with Crippen LogP contribution in [0.25, 0.3) is 0 Å². The summed E-state index contributed by atoms with van der Waals surface area (Å²) in [7, 11) is 0. The zero-order valence-electron chi connectivity index (χ0n) is 22.1. The van der Waals surface area contributed by atoms with Gasteiger partial charge in [0.1, 0.15) is 11.9 Å². The second-order valence-corrected chi connectivity index (χ2v) is 10.1. The molecule has 5 rings (SSSR count). The van der Waals surface area contributed by atoms with E-state index in [1.807, 2.05) is 36.5 Å². The van der Waals surface area contributed by atoms with Crippen molar-refractivity contribution in [3.8, 4) is 0 Å². The van der Waals surface area contributed by atoms with E-state index in [1.54, 1.807) is 24.4 Å². The molecule has 1 aromatic heterocycles. The number of aromatic nitrogens is 1. The second kappa shape index (κ2) is 11.7. The first kappa shape index (κ1) is 27.1. The van der Waals surface area contributed by atoms with Crippen molar-refractivity contribution in [2.24, 2.45) is 0 Å². The summed E-state index contributed by atoms with van der Waals surface area (Å²) in [5.41, 5.74) is 3.02. The maximum Gasteiger partial charge on any atom is 0.264 e. The van der Waals surface area contributed by atoms with E-state index in [4.69, 9.17) is 0 Å². The lowest BCUT2D eigenvalue weighted by atomic mass is 9.95. The van der Waals surface area contributed by atoms with Gasteiger partial charge in [-0.25, -0.2) is 4.39 Å². The van der Waals surface area contributed by atoms with Gasteiger partial charge in [0.15, 0.2) is 0 Å². The lowest BCUT2D eigenvalue weighted by Gasteiger charge is -2.39. The van der Waals surface area contributed by atoms with Crippen molar-refractivity contribution in [2.75, 3.05) is 18.4 Å². The van der Waals surface area contributed by atoms with Gasteiger partial charge in [-0.1, -0.05) is 37.6 Å². The van der Waals surface area contributed by atoms with E-state index in [0.29, 0.717) is 30.1 Å². The average Bonchev–Trinajstić information content (AvgIpc) is 3.19. The lowest BCUT2D eigenvalue weighted by molar-refractivity contribution is -0.128. The molecule has 0 bridgehead atoms. The number of nitrogens with one attached hydrogen (secondary N) is 2. The highest BCUT2D eigenvalue weighted by Gasteiger charge is 2.43. The Morgan fingerprint density at radius 3 is 2.65 bits per heavy atom. The molecule has 206 valence electrons. The summed E-state index contributed by atoms with van der Waals surface area (Å²) in [6.07, 6.45) is 2.77. The summed E-state index contributed by atoms with van der Waals surface area (Å²) < 4.78 is 15.0. The van der Waals surface area contributed by atoms with Gasteiger partial charge < -0.3 is 5.32 Å². The molecule has 0 aliphatic carbocycles. The van der Waals surface area contributed by atoms with E-state index < -0.39 is 23.8 Å². The number of carbonyl (C=O) groups excluding carboxylic acids is 4. The molecule has 9 nitrogen and oxygen atoms in total. The fourth-order valence-electron chi connectivity index (χ4n) is 5.32. The van der Waals surface area contributed by atoms with Gasteiger partial charge in [0, 0.05) is 55.2 Å². The molecule has 1 fully saturated rings. The monoisotopic (exact) mass is 543 g/mol. The molecule has 1 atom stereocenters. The number of nitrogens with zero attached hydrogens (tertiary/aromatic N) is 3. The summed E-state index contributed by atoms with van der Waals surface area (Å²) in [5.74, 6) is -1.92. The van der Waals surface area contributed by atoms with Crippen LogP contribution in [0.5, 0.6) is 0 Å².